The van der Waals surface area contributed by atoms with Gasteiger partial charge in [-0.15, -0.1) is 11.3 Å². The second-order valence-corrected chi connectivity index (χ2v) is 29.8. The first-order chi connectivity index (χ1) is 44.3. The monoisotopic (exact) mass is 1310 g/mol. The van der Waals surface area contributed by atoms with Crippen LogP contribution in [0, 0.1) is 34.8 Å². The molecular formula is C67H93F3N14O8S. The van der Waals surface area contributed by atoms with Gasteiger partial charge < -0.3 is 60.8 Å². The Bertz CT molecular complexity index is 3350. The molecule has 93 heavy (non-hydrogen) atoms. The lowest BCUT2D eigenvalue weighted by Gasteiger charge is -2.48. The van der Waals surface area contributed by atoms with Crippen LogP contribution in [0.1, 0.15) is 109 Å². The van der Waals surface area contributed by atoms with Gasteiger partial charge in [0.2, 0.25) is 23.6 Å². The molecule has 8 heterocycles. The second kappa shape index (κ2) is 28.3. The summed E-state index contributed by atoms with van der Waals surface area (Å²) in [4.78, 5) is 93.6. The fourth-order valence-electron chi connectivity index (χ4n) is 14.1. The topological polar surface area (TPSA) is 242 Å². The van der Waals surface area contributed by atoms with Gasteiger partial charge in [0.05, 0.1) is 66.3 Å². The Balaban J connectivity index is 0.579. The summed E-state index contributed by atoms with van der Waals surface area (Å²) in [6.45, 7) is 21.9. The zero-order chi connectivity index (χ0) is 65.9. The number of aliphatic hydroxyl groups is 1. The number of carbonyl (C=O) groups excluding carboxylic acids is 5. The van der Waals surface area contributed by atoms with E-state index in [4.69, 9.17) is 9.47 Å². The summed E-state index contributed by atoms with van der Waals surface area (Å²) in [5.74, 6) is -1.22. The summed E-state index contributed by atoms with van der Waals surface area (Å²) in [6.07, 6.45) is 6.05. The Morgan fingerprint density at radius 2 is 1.56 bits per heavy atom. The molecule has 6 saturated heterocycles. The van der Waals surface area contributed by atoms with Crippen molar-refractivity contribution in [1.82, 2.24) is 55.8 Å². The zero-order valence-corrected chi connectivity index (χ0v) is 55.5. The molecule has 7 fully saturated rings. The maximum absolute atomic E-state index is 15.8. The Morgan fingerprint density at radius 1 is 0.817 bits per heavy atom. The normalized spacial score (nSPS) is 23.3. The smallest absolute Gasteiger partial charge is 0.258 e. The number of rotatable bonds is 24. The number of carbonyl (C=O) groups is 5. The molecule has 0 bridgehead atoms. The Hall–Kier alpha value is -6.71. The first kappa shape index (κ1) is 67.7. The van der Waals surface area contributed by atoms with Crippen LogP contribution in [0.2, 0.25) is 0 Å². The molecule has 506 valence electrons. The van der Waals surface area contributed by atoms with E-state index in [1.807, 2.05) is 31.2 Å². The van der Waals surface area contributed by atoms with Gasteiger partial charge in [-0.25, -0.2) is 28.1 Å². The van der Waals surface area contributed by atoms with Gasteiger partial charge >= 0.3 is 0 Å². The molecule has 6 aliphatic heterocycles. The molecule has 11 rings (SSSR count). The van der Waals surface area contributed by atoms with Crippen LogP contribution in [0.4, 0.5) is 30.5 Å². The quantitative estimate of drug-likeness (QED) is 0.0480. The average Bonchev–Trinajstić information content (AvgIpc) is 1.46. The molecule has 7 aliphatic rings. The number of aromatic nitrogens is 3. The van der Waals surface area contributed by atoms with Gasteiger partial charge in [0.1, 0.15) is 54.0 Å². The molecule has 2 aromatic carbocycles. The van der Waals surface area contributed by atoms with Crippen molar-refractivity contribution in [1.29, 1.82) is 0 Å². The minimum Gasteiger partial charge on any atom is -0.491 e. The Morgan fingerprint density at radius 3 is 2.29 bits per heavy atom. The Kier molecular flexibility index (Phi) is 20.6. The summed E-state index contributed by atoms with van der Waals surface area (Å²) in [6, 6.07) is 8.02. The molecule has 0 unspecified atom stereocenters. The summed E-state index contributed by atoms with van der Waals surface area (Å²) in [7, 11) is 0. The number of hydrogen-bond donors (Lipinski definition) is 6. The van der Waals surface area contributed by atoms with Gasteiger partial charge in [0, 0.05) is 95.1 Å². The minimum atomic E-state index is -1.99. The van der Waals surface area contributed by atoms with Crippen molar-refractivity contribution in [3.8, 4) is 16.2 Å². The number of piperazine rings is 1. The van der Waals surface area contributed by atoms with Gasteiger partial charge in [-0.1, -0.05) is 46.8 Å². The van der Waals surface area contributed by atoms with Crippen molar-refractivity contribution in [2.24, 2.45) is 16.2 Å². The molecule has 2 spiro atoms. The summed E-state index contributed by atoms with van der Waals surface area (Å²) in [5, 5.41) is 25.8. The van der Waals surface area contributed by atoms with Crippen LogP contribution >= 0.6 is 11.3 Å². The van der Waals surface area contributed by atoms with Crippen LogP contribution in [0.5, 0.6) is 5.75 Å². The van der Waals surface area contributed by atoms with Gasteiger partial charge in [0.15, 0.2) is 5.67 Å². The fraction of sp³-hybridized carbons (Fsp3) is 0.642. The average molecular weight is 1310 g/mol. The number of alkyl halides is 1. The van der Waals surface area contributed by atoms with Crippen LogP contribution in [-0.2, 0) is 41.8 Å². The van der Waals surface area contributed by atoms with E-state index in [9.17, 15) is 33.5 Å². The number of likely N-dealkylation sites (tertiary alicyclic amines) is 4. The predicted molar refractivity (Wildman–Crippen MR) is 348 cm³/mol. The van der Waals surface area contributed by atoms with E-state index in [1.165, 1.54) is 34.7 Å². The first-order valence-electron chi connectivity index (χ1n) is 33.1. The number of ether oxygens (including phenoxy) is 2. The maximum Gasteiger partial charge on any atom is 0.258 e. The largest absolute Gasteiger partial charge is 0.491 e. The van der Waals surface area contributed by atoms with Crippen molar-refractivity contribution in [2.75, 3.05) is 133 Å². The number of piperidine rings is 2. The molecule has 4 atom stereocenters. The molecule has 5 amide bonds. The number of nitrogens with one attached hydrogen (secondary N) is 5. The third-order valence-corrected chi connectivity index (χ3v) is 21.0. The Labute approximate surface area is 547 Å². The first-order valence-corrected chi connectivity index (χ1v) is 34.0. The molecule has 1 saturated carbocycles. The number of anilines is 3. The highest BCUT2D eigenvalue weighted by Gasteiger charge is 2.54. The molecule has 6 N–H and O–H groups in total. The van der Waals surface area contributed by atoms with Crippen molar-refractivity contribution in [2.45, 2.75) is 142 Å². The molecule has 1 aliphatic carbocycles. The van der Waals surface area contributed by atoms with E-state index in [2.05, 4.69) is 75.0 Å². The van der Waals surface area contributed by atoms with Crippen LogP contribution in [0.25, 0.3) is 10.4 Å². The number of β-amino-alcohol motifs (C(OH)–C–C–N with tert-alkyl or cyclic N) is 1. The van der Waals surface area contributed by atoms with E-state index in [1.54, 1.807) is 31.2 Å². The molecule has 0 radical (unpaired) electrons. The highest BCUT2D eigenvalue weighted by Crippen LogP contribution is 2.42. The van der Waals surface area contributed by atoms with E-state index < -0.39 is 64.2 Å². The molecule has 26 heteroatoms. The second-order valence-electron chi connectivity index (χ2n) is 28.9. The van der Waals surface area contributed by atoms with Crippen molar-refractivity contribution in [3.63, 3.8) is 0 Å². The number of aliphatic hydroxyl groups excluding tert-OH is 1. The van der Waals surface area contributed by atoms with Gasteiger partial charge in [-0.3, -0.25) is 33.8 Å². The predicted octanol–water partition coefficient (Wildman–Crippen LogP) is 5.42. The number of thiazole rings is 1. The standard InChI is InChI=1S/C67H93F3N14O8S/c1-44-58(93-43-76-44)45-7-8-46(34-73-60(88)52-31-48(85)36-84(52)61(89)59(63(2,3)4)77-62(90)67(70)9-10-67)53(30-45)92-27-18-72-56(86)37-81-22-14-65(40-81)13-21-80(39-65)25-28-91-26-17-71-54-33-55(75-42-74-54)82-23-15-66(16-24-82)41-83(38-57(87)78-66)51-32-49(68)47(29-50(51)69)35-79-19-11-64(5,6)12-20-79/h7-8,29-30,32-33,42-43,48,52,59,85H,9-28,31,34-41H2,1-6H3,(H,72,86)(H,73,88)(H,77,90)(H,78,87)(H,71,74,75)/t48-,52+,59-,65-/m1/s1. The maximum atomic E-state index is 15.8. The van der Waals surface area contributed by atoms with E-state index in [-0.39, 0.29) is 86.9 Å². The van der Waals surface area contributed by atoms with E-state index in [0.29, 0.717) is 81.5 Å². The number of benzene rings is 2. The molecule has 22 nitrogen and oxygen atoms in total. The summed E-state index contributed by atoms with van der Waals surface area (Å²) in [5.41, 5.74) is 1.61. The highest BCUT2D eigenvalue weighted by atomic mass is 32.1. The van der Waals surface area contributed by atoms with Crippen LogP contribution < -0.4 is 41.1 Å². The van der Waals surface area contributed by atoms with Crippen LogP contribution in [0.15, 0.2) is 48.2 Å². The number of halogens is 3. The summed E-state index contributed by atoms with van der Waals surface area (Å²) < 4.78 is 58.5. The van der Waals surface area contributed by atoms with Crippen molar-refractivity contribution < 1.29 is 51.7 Å². The number of amides is 5. The lowest BCUT2D eigenvalue weighted by Crippen LogP contribution is -2.66. The lowest BCUT2D eigenvalue weighted by molar-refractivity contribution is -0.145. The van der Waals surface area contributed by atoms with Gasteiger partial charge in [-0.05, 0) is 118 Å². The van der Waals surface area contributed by atoms with Gasteiger partial charge in [-0.2, -0.15) is 0 Å². The lowest BCUT2D eigenvalue weighted by atomic mass is 9.82. The highest BCUT2D eigenvalue weighted by molar-refractivity contribution is 7.13. The summed E-state index contributed by atoms with van der Waals surface area (Å²) >= 11 is 1.50. The molecule has 2 aromatic heterocycles. The van der Waals surface area contributed by atoms with E-state index in [0.717, 1.165) is 93.4 Å². The minimum absolute atomic E-state index is 0.00414. The third-order valence-electron chi connectivity index (χ3n) is 20.1. The van der Waals surface area contributed by atoms with Crippen LogP contribution in [-0.4, -0.2) is 217 Å². The fourth-order valence-corrected chi connectivity index (χ4v) is 14.9. The number of aryl methyl sites for hydroxylation is 1. The number of hydrogen-bond acceptors (Lipinski definition) is 18. The van der Waals surface area contributed by atoms with Crippen molar-refractivity contribution >= 4 is 58.2 Å². The van der Waals surface area contributed by atoms with E-state index >= 15 is 8.78 Å². The molecular weight excluding hydrogens is 1220 g/mol. The SMILES string of the molecule is Cc1ncsc1-c1ccc(CNC(=O)[C@@H]2C[C@@H](O)CN2C(=O)[C@@H](NC(=O)C2(F)CC2)C(C)(C)C)c(OCCNC(=O)CN2CC[C@@]3(CCN(CCOCCNc4cc(N5CCC6(CC5)CN(c5cc(F)c(CN7CCC(C)(C)CC7)cc5F)CC(=O)N6)ncn4)C3)C2)c1. The van der Waals surface area contributed by atoms with Crippen molar-refractivity contribution in [3.05, 3.63) is 76.7 Å². The molecule has 4 aromatic rings. The zero-order valence-electron chi connectivity index (χ0n) is 54.7. The third kappa shape index (κ3) is 16.7. The van der Waals surface area contributed by atoms with Gasteiger partial charge in [0.25, 0.3) is 5.91 Å². The van der Waals surface area contributed by atoms with Crippen LogP contribution in [0.3, 0.4) is 0 Å². The number of nitrogens with zero attached hydrogens (tertiary/aromatic N) is 9.